The molecule has 0 spiro atoms. The summed E-state index contributed by atoms with van der Waals surface area (Å²) in [6.45, 7) is 3.99. The summed E-state index contributed by atoms with van der Waals surface area (Å²) in [5, 5.41) is 11.1. The fraction of sp³-hybridized carbons (Fsp3) is 0.120. The number of nitrogens with one attached hydrogen (secondary N) is 1. The Kier molecular flexibility index (Phi) is 5.22. The number of anilines is 1. The minimum absolute atomic E-state index is 0.174. The Hall–Kier alpha value is -3.91. The Balaban J connectivity index is 1.41. The van der Waals surface area contributed by atoms with Crippen molar-refractivity contribution in [2.75, 3.05) is 4.72 Å². The van der Waals surface area contributed by atoms with Crippen molar-refractivity contribution in [3.05, 3.63) is 102 Å². The summed E-state index contributed by atoms with van der Waals surface area (Å²) in [4.78, 5) is 0.174. The van der Waals surface area contributed by atoms with Crippen LogP contribution in [-0.2, 0) is 16.6 Å². The fourth-order valence-electron chi connectivity index (χ4n) is 4.15. The molecule has 0 bridgehead atoms. The molecule has 166 valence electrons. The second kappa shape index (κ2) is 8.22. The van der Waals surface area contributed by atoms with E-state index in [1.54, 1.807) is 29.4 Å². The first-order valence-electron chi connectivity index (χ1n) is 10.6. The zero-order valence-corrected chi connectivity index (χ0v) is 19.1. The van der Waals surface area contributed by atoms with Gasteiger partial charge in [-0.15, -0.1) is 0 Å². The van der Waals surface area contributed by atoms with Crippen molar-refractivity contribution in [2.45, 2.75) is 25.3 Å². The van der Waals surface area contributed by atoms with Crippen LogP contribution < -0.4 is 4.72 Å². The van der Waals surface area contributed by atoms with Crippen molar-refractivity contribution in [1.29, 1.82) is 0 Å². The molecule has 5 aromatic rings. The molecule has 1 N–H and O–H groups in total. The monoisotopic (exact) mass is 457 g/mol. The SMILES string of the molecule is Cc1nn(-c2ccccc2)c(C)c1S(=O)(=O)Nc1cnn(Cc2cccc3ccccc23)c1. The quantitative estimate of drug-likeness (QED) is 0.401. The van der Waals surface area contributed by atoms with Gasteiger partial charge in [0.2, 0.25) is 0 Å². The number of benzene rings is 3. The van der Waals surface area contributed by atoms with E-state index in [1.807, 2.05) is 48.5 Å². The van der Waals surface area contributed by atoms with Gasteiger partial charge in [-0.1, -0.05) is 60.7 Å². The molecular formula is C25H23N5O2S. The number of sulfonamides is 1. The molecule has 7 nitrogen and oxygen atoms in total. The van der Waals surface area contributed by atoms with Crippen LogP contribution in [0.2, 0.25) is 0 Å². The molecule has 0 fully saturated rings. The average Bonchev–Trinajstić information content (AvgIpc) is 3.37. The van der Waals surface area contributed by atoms with Gasteiger partial charge >= 0.3 is 0 Å². The van der Waals surface area contributed by atoms with Gasteiger partial charge in [0.1, 0.15) is 4.90 Å². The molecule has 0 unspecified atom stereocenters. The number of aromatic nitrogens is 4. The van der Waals surface area contributed by atoms with E-state index in [2.05, 4.69) is 39.2 Å². The smallest absolute Gasteiger partial charge is 0.265 e. The highest BCUT2D eigenvalue weighted by Gasteiger charge is 2.25. The van der Waals surface area contributed by atoms with Crippen molar-refractivity contribution in [3.8, 4) is 5.69 Å². The summed E-state index contributed by atoms with van der Waals surface area (Å²) in [5.41, 5.74) is 3.31. The third kappa shape index (κ3) is 4.01. The van der Waals surface area contributed by atoms with Crippen LogP contribution in [0.15, 0.2) is 90.1 Å². The predicted octanol–water partition coefficient (Wildman–Crippen LogP) is 4.69. The highest BCUT2D eigenvalue weighted by Crippen LogP contribution is 2.25. The number of rotatable bonds is 6. The zero-order valence-electron chi connectivity index (χ0n) is 18.3. The molecule has 3 aromatic carbocycles. The minimum Gasteiger partial charge on any atom is -0.276 e. The number of hydrogen-bond acceptors (Lipinski definition) is 4. The number of aryl methyl sites for hydroxylation is 1. The Bertz CT molecular complexity index is 1550. The van der Waals surface area contributed by atoms with Gasteiger partial charge in [-0.2, -0.15) is 10.2 Å². The molecule has 0 saturated carbocycles. The van der Waals surface area contributed by atoms with E-state index >= 15 is 0 Å². The van der Waals surface area contributed by atoms with E-state index in [0.29, 0.717) is 23.6 Å². The molecule has 2 aromatic heterocycles. The van der Waals surface area contributed by atoms with Gasteiger partial charge in [-0.05, 0) is 42.3 Å². The summed E-state index contributed by atoms with van der Waals surface area (Å²) in [5.74, 6) is 0. The van der Waals surface area contributed by atoms with Gasteiger partial charge in [0.25, 0.3) is 10.0 Å². The van der Waals surface area contributed by atoms with Crippen molar-refractivity contribution in [2.24, 2.45) is 0 Å². The van der Waals surface area contributed by atoms with Crippen molar-refractivity contribution in [3.63, 3.8) is 0 Å². The molecule has 0 aliphatic carbocycles. The molecule has 5 rings (SSSR count). The molecule has 0 aliphatic heterocycles. The third-order valence-corrected chi connectivity index (χ3v) is 7.22. The van der Waals surface area contributed by atoms with Crippen LogP contribution in [0.4, 0.5) is 5.69 Å². The number of para-hydroxylation sites is 1. The summed E-state index contributed by atoms with van der Waals surface area (Å²) in [6, 6.07) is 23.8. The second-order valence-corrected chi connectivity index (χ2v) is 9.54. The summed E-state index contributed by atoms with van der Waals surface area (Å²) in [7, 11) is -3.84. The maximum Gasteiger partial charge on any atom is 0.265 e. The highest BCUT2D eigenvalue weighted by molar-refractivity contribution is 7.92. The highest BCUT2D eigenvalue weighted by atomic mass is 32.2. The van der Waals surface area contributed by atoms with Gasteiger partial charge < -0.3 is 0 Å². The lowest BCUT2D eigenvalue weighted by atomic mass is 10.0. The Morgan fingerprint density at radius 3 is 2.45 bits per heavy atom. The van der Waals surface area contributed by atoms with Gasteiger partial charge in [0.15, 0.2) is 0 Å². The largest absolute Gasteiger partial charge is 0.276 e. The first-order valence-corrected chi connectivity index (χ1v) is 12.0. The maximum absolute atomic E-state index is 13.2. The first kappa shape index (κ1) is 21.0. The predicted molar refractivity (Wildman–Crippen MR) is 129 cm³/mol. The van der Waals surface area contributed by atoms with E-state index in [-0.39, 0.29) is 4.90 Å². The molecule has 0 atom stereocenters. The number of nitrogens with zero attached hydrogens (tertiary/aromatic N) is 4. The van der Waals surface area contributed by atoms with E-state index in [0.717, 1.165) is 22.0 Å². The Labute approximate surface area is 192 Å². The fourth-order valence-corrected chi connectivity index (χ4v) is 5.57. The molecule has 0 radical (unpaired) electrons. The van der Waals surface area contributed by atoms with Crippen molar-refractivity contribution in [1.82, 2.24) is 19.6 Å². The van der Waals surface area contributed by atoms with Gasteiger partial charge in [-0.25, -0.2) is 13.1 Å². The number of fused-ring (bicyclic) bond motifs is 1. The van der Waals surface area contributed by atoms with Gasteiger partial charge in [-0.3, -0.25) is 9.40 Å². The van der Waals surface area contributed by atoms with Crippen LogP contribution in [0, 0.1) is 13.8 Å². The molecule has 0 saturated heterocycles. The van der Waals surface area contributed by atoms with Crippen LogP contribution in [0.25, 0.3) is 16.5 Å². The minimum atomic E-state index is -3.84. The van der Waals surface area contributed by atoms with Crippen molar-refractivity contribution >= 4 is 26.5 Å². The van der Waals surface area contributed by atoms with E-state index in [1.165, 1.54) is 6.20 Å². The summed E-state index contributed by atoms with van der Waals surface area (Å²) >= 11 is 0. The zero-order chi connectivity index (χ0) is 23.0. The third-order valence-electron chi connectivity index (χ3n) is 5.59. The van der Waals surface area contributed by atoms with Crippen LogP contribution in [0.5, 0.6) is 0 Å². The maximum atomic E-state index is 13.2. The van der Waals surface area contributed by atoms with Gasteiger partial charge in [0, 0.05) is 6.20 Å². The van der Waals surface area contributed by atoms with E-state index < -0.39 is 10.0 Å². The molecule has 33 heavy (non-hydrogen) atoms. The normalized spacial score (nSPS) is 11.7. The summed E-state index contributed by atoms with van der Waals surface area (Å²) < 4.78 is 32.5. The van der Waals surface area contributed by atoms with Crippen LogP contribution in [0.1, 0.15) is 17.0 Å². The topological polar surface area (TPSA) is 81.8 Å². The van der Waals surface area contributed by atoms with E-state index in [4.69, 9.17) is 0 Å². The Morgan fingerprint density at radius 2 is 1.64 bits per heavy atom. The lowest BCUT2D eigenvalue weighted by Crippen LogP contribution is -2.14. The van der Waals surface area contributed by atoms with E-state index in [9.17, 15) is 8.42 Å². The van der Waals surface area contributed by atoms with Crippen LogP contribution in [0.3, 0.4) is 0 Å². The second-order valence-electron chi connectivity index (χ2n) is 7.92. The first-order chi connectivity index (χ1) is 15.9. The standard InChI is InChI=1S/C25H23N5O2S/c1-18-25(19(2)30(27-18)23-12-4-3-5-13-23)33(31,32)28-22-15-26-29(17-22)16-21-11-8-10-20-9-6-7-14-24(20)21/h3-15,17,28H,16H2,1-2H3. The molecule has 8 heteroatoms. The molecule has 2 heterocycles. The Morgan fingerprint density at radius 1 is 0.909 bits per heavy atom. The van der Waals surface area contributed by atoms with Gasteiger partial charge in [0.05, 0.1) is 35.5 Å². The van der Waals surface area contributed by atoms with Crippen LogP contribution >= 0.6 is 0 Å². The average molecular weight is 458 g/mol. The lowest BCUT2D eigenvalue weighted by Gasteiger charge is -2.08. The molecule has 0 aliphatic rings. The molecule has 0 amide bonds. The lowest BCUT2D eigenvalue weighted by molar-refractivity contribution is 0.600. The number of hydrogen-bond donors (Lipinski definition) is 1. The summed E-state index contributed by atoms with van der Waals surface area (Å²) in [6.07, 6.45) is 3.22. The van der Waals surface area contributed by atoms with Crippen LogP contribution in [-0.4, -0.2) is 28.0 Å². The van der Waals surface area contributed by atoms with Crippen molar-refractivity contribution < 1.29 is 8.42 Å². The molecular weight excluding hydrogens is 434 g/mol.